The number of carboxylic acid groups (broad SMARTS) is 1. The lowest BCUT2D eigenvalue weighted by atomic mass is 10.0. The topological polar surface area (TPSA) is 94.3 Å². The number of rotatable bonds is 5. The second kappa shape index (κ2) is 10.7. The van der Waals surface area contributed by atoms with Gasteiger partial charge < -0.3 is 9.84 Å². The van der Waals surface area contributed by atoms with Crippen LogP contribution in [0.15, 0.2) is 59.0 Å². The predicted octanol–water partition coefficient (Wildman–Crippen LogP) is 5.39. The molecule has 0 aliphatic rings. The Labute approximate surface area is 202 Å². The molecular weight excluding hydrogens is 483 g/mol. The van der Waals surface area contributed by atoms with E-state index in [1.165, 1.54) is 21.6 Å². The molecule has 4 rings (SSSR count). The van der Waals surface area contributed by atoms with Crippen LogP contribution >= 0.6 is 11.3 Å². The molecule has 35 heavy (non-hydrogen) atoms. The molecule has 0 aliphatic carbocycles. The van der Waals surface area contributed by atoms with Gasteiger partial charge in [-0.15, -0.1) is 16.4 Å². The van der Waals surface area contributed by atoms with E-state index in [4.69, 9.17) is 14.6 Å². The average Bonchev–Trinajstić information content (AvgIpc) is 3.27. The first-order valence-electron chi connectivity index (χ1n) is 10.4. The average molecular weight is 506 g/mol. The SMILES string of the molecule is CC(C)c1cccc(COc2nn(C)c(=O)c3c(-c4ccncc4)csc23)c1.O=C(O)C(F)(F)F. The van der Waals surface area contributed by atoms with Crippen molar-refractivity contribution >= 4 is 27.4 Å². The second-order valence-electron chi connectivity index (χ2n) is 7.81. The summed E-state index contributed by atoms with van der Waals surface area (Å²) in [6.45, 7) is 4.75. The van der Waals surface area contributed by atoms with Crippen molar-refractivity contribution in [3.63, 3.8) is 0 Å². The number of thiophene rings is 1. The Morgan fingerprint density at radius 2 is 1.86 bits per heavy atom. The number of alkyl halides is 3. The van der Waals surface area contributed by atoms with E-state index in [0.29, 0.717) is 23.8 Å². The maximum absolute atomic E-state index is 12.8. The third kappa shape index (κ3) is 6.24. The minimum atomic E-state index is -5.08. The number of fused-ring (bicyclic) bond motifs is 1. The number of benzene rings is 1. The van der Waals surface area contributed by atoms with Crippen molar-refractivity contribution in [1.82, 2.24) is 14.8 Å². The fraction of sp³-hybridized carbons (Fsp3) is 0.250. The molecule has 11 heteroatoms. The lowest BCUT2D eigenvalue weighted by Crippen LogP contribution is -2.21. The maximum Gasteiger partial charge on any atom is 0.490 e. The molecule has 3 aromatic heterocycles. The van der Waals surface area contributed by atoms with E-state index in [2.05, 4.69) is 36.1 Å². The highest BCUT2D eigenvalue weighted by Gasteiger charge is 2.38. The largest absolute Gasteiger partial charge is 0.490 e. The monoisotopic (exact) mass is 505 g/mol. The Bertz CT molecular complexity index is 1380. The van der Waals surface area contributed by atoms with Crippen LogP contribution in [0.3, 0.4) is 0 Å². The zero-order valence-corrected chi connectivity index (χ0v) is 19.9. The number of carbonyl (C=O) groups is 1. The fourth-order valence-electron chi connectivity index (χ4n) is 3.15. The third-order valence-electron chi connectivity index (χ3n) is 4.96. The summed E-state index contributed by atoms with van der Waals surface area (Å²) in [5.74, 6) is -1.81. The molecule has 0 radical (unpaired) electrons. The van der Waals surface area contributed by atoms with Crippen LogP contribution in [-0.2, 0) is 18.4 Å². The van der Waals surface area contributed by atoms with Crippen molar-refractivity contribution in [2.75, 3.05) is 0 Å². The first-order valence-corrected chi connectivity index (χ1v) is 11.3. The molecule has 184 valence electrons. The summed E-state index contributed by atoms with van der Waals surface area (Å²) in [4.78, 5) is 25.7. The van der Waals surface area contributed by atoms with E-state index in [1.807, 2.05) is 29.6 Å². The summed E-state index contributed by atoms with van der Waals surface area (Å²) in [6, 6.07) is 12.2. The minimum Gasteiger partial charge on any atom is -0.475 e. The Morgan fingerprint density at radius 1 is 1.20 bits per heavy atom. The normalized spacial score (nSPS) is 11.3. The molecule has 0 fully saturated rings. The quantitative estimate of drug-likeness (QED) is 0.391. The Balaban J connectivity index is 0.000000429. The Kier molecular flexibility index (Phi) is 7.90. The summed E-state index contributed by atoms with van der Waals surface area (Å²) < 4.78 is 39.9. The van der Waals surface area contributed by atoms with Crippen molar-refractivity contribution in [2.24, 2.45) is 7.05 Å². The summed E-state index contributed by atoms with van der Waals surface area (Å²) in [6.07, 6.45) is -1.63. The van der Waals surface area contributed by atoms with Crippen LogP contribution in [0.1, 0.15) is 30.9 Å². The number of pyridine rings is 1. The molecule has 0 unspecified atom stereocenters. The van der Waals surface area contributed by atoms with Crippen LogP contribution in [0.4, 0.5) is 13.2 Å². The van der Waals surface area contributed by atoms with Crippen molar-refractivity contribution in [3.05, 3.63) is 75.7 Å². The summed E-state index contributed by atoms with van der Waals surface area (Å²) in [5.41, 5.74) is 4.08. The number of halogens is 3. The van der Waals surface area contributed by atoms with Gasteiger partial charge in [0, 0.05) is 30.4 Å². The highest BCUT2D eigenvalue weighted by molar-refractivity contribution is 7.18. The Morgan fingerprint density at radius 3 is 2.46 bits per heavy atom. The molecule has 0 saturated carbocycles. The van der Waals surface area contributed by atoms with Gasteiger partial charge in [-0.25, -0.2) is 9.48 Å². The summed E-state index contributed by atoms with van der Waals surface area (Å²) in [7, 11) is 1.65. The standard InChI is InChI=1S/C22H21N3O2S.C2HF3O2/c1-14(2)17-6-4-5-15(11-17)12-27-21-20-19(22(26)25(3)24-21)18(13-28-20)16-7-9-23-10-8-16;3-2(4,5)1(6)7/h4-11,13-14H,12H2,1-3H3;(H,6,7). The molecule has 0 atom stereocenters. The van der Waals surface area contributed by atoms with E-state index in [0.717, 1.165) is 21.4 Å². The highest BCUT2D eigenvalue weighted by Crippen LogP contribution is 2.35. The van der Waals surface area contributed by atoms with Crippen molar-refractivity contribution in [3.8, 4) is 17.0 Å². The molecule has 0 amide bonds. The van der Waals surface area contributed by atoms with Gasteiger partial charge in [-0.2, -0.15) is 13.2 Å². The van der Waals surface area contributed by atoms with Gasteiger partial charge in [0.25, 0.3) is 5.56 Å². The number of aliphatic carboxylic acids is 1. The number of carboxylic acids is 1. The molecule has 0 spiro atoms. The number of aromatic nitrogens is 3. The minimum absolute atomic E-state index is 0.128. The fourth-order valence-corrected chi connectivity index (χ4v) is 4.15. The number of ether oxygens (including phenoxy) is 1. The number of nitrogens with zero attached hydrogens (tertiary/aromatic N) is 3. The zero-order valence-electron chi connectivity index (χ0n) is 19.0. The van der Waals surface area contributed by atoms with E-state index in [9.17, 15) is 18.0 Å². The van der Waals surface area contributed by atoms with Gasteiger partial charge in [-0.3, -0.25) is 9.78 Å². The predicted molar refractivity (Wildman–Crippen MR) is 127 cm³/mol. The number of aryl methyl sites for hydroxylation is 1. The molecule has 0 aliphatic heterocycles. The van der Waals surface area contributed by atoms with Crippen molar-refractivity contribution < 1.29 is 27.8 Å². The summed E-state index contributed by atoms with van der Waals surface area (Å²) in [5, 5.41) is 14.1. The van der Waals surface area contributed by atoms with Gasteiger partial charge >= 0.3 is 12.1 Å². The zero-order chi connectivity index (χ0) is 25.8. The van der Waals surface area contributed by atoms with Crippen molar-refractivity contribution in [2.45, 2.75) is 32.5 Å². The molecule has 3 heterocycles. The van der Waals surface area contributed by atoms with Gasteiger partial charge in [0.05, 0.1) is 5.39 Å². The van der Waals surface area contributed by atoms with Crippen LogP contribution in [0.5, 0.6) is 5.88 Å². The summed E-state index contributed by atoms with van der Waals surface area (Å²) >= 11 is 1.48. The Hall–Kier alpha value is -3.73. The van der Waals surface area contributed by atoms with Crippen LogP contribution in [0, 0.1) is 0 Å². The van der Waals surface area contributed by atoms with Gasteiger partial charge in [0.2, 0.25) is 5.88 Å². The molecular formula is C24H22F3N3O4S. The molecule has 4 aromatic rings. The molecule has 0 saturated heterocycles. The van der Waals surface area contributed by atoms with E-state index in [1.54, 1.807) is 19.4 Å². The van der Waals surface area contributed by atoms with E-state index >= 15 is 0 Å². The van der Waals surface area contributed by atoms with Gasteiger partial charge in [0.1, 0.15) is 11.3 Å². The maximum atomic E-state index is 12.8. The molecule has 1 aromatic carbocycles. The van der Waals surface area contributed by atoms with Crippen LogP contribution in [0.2, 0.25) is 0 Å². The van der Waals surface area contributed by atoms with E-state index < -0.39 is 12.1 Å². The van der Waals surface area contributed by atoms with Gasteiger partial charge in [0.15, 0.2) is 0 Å². The van der Waals surface area contributed by atoms with Gasteiger partial charge in [-0.1, -0.05) is 38.1 Å². The lowest BCUT2D eigenvalue weighted by Gasteiger charge is -2.11. The lowest BCUT2D eigenvalue weighted by molar-refractivity contribution is -0.192. The molecule has 1 N–H and O–H groups in total. The second-order valence-corrected chi connectivity index (χ2v) is 8.69. The smallest absolute Gasteiger partial charge is 0.475 e. The van der Waals surface area contributed by atoms with Gasteiger partial charge in [-0.05, 0) is 34.7 Å². The third-order valence-corrected chi connectivity index (χ3v) is 5.93. The first kappa shape index (κ1) is 25.9. The number of hydrogen-bond donors (Lipinski definition) is 1. The van der Waals surface area contributed by atoms with Crippen LogP contribution < -0.4 is 10.3 Å². The van der Waals surface area contributed by atoms with Crippen LogP contribution in [0.25, 0.3) is 21.2 Å². The molecule has 7 nitrogen and oxygen atoms in total. The van der Waals surface area contributed by atoms with Crippen molar-refractivity contribution in [1.29, 1.82) is 0 Å². The first-order chi connectivity index (χ1) is 16.5. The number of hydrogen-bond acceptors (Lipinski definition) is 6. The van der Waals surface area contributed by atoms with Crippen LogP contribution in [-0.4, -0.2) is 32.0 Å². The highest BCUT2D eigenvalue weighted by atomic mass is 32.1. The van der Waals surface area contributed by atoms with E-state index in [-0.39, 0.29) is 5.56 Å². The molecule has 0 bridgehead atoms.